The summed E-state index contributed by atoms with van der Waals surface area (Å²) < 4.78 is 8.88. The van der Waals surface area contributed by atoms with Crippen molar-refractivity contribution in [2.75, 3.05) is 0 Å². The molecule has 0 heterocycles. The van der Waals surface area contributed by atoms with E-state index in [4.69, 9.17) is 19.2 Å². The summed E-state index contributed by atoms with van der Waals surface area (Å²) in [6, 6.07) is 0. The summed E-state index contributed by atoms with van der Waals surface area (Å²) in [6.45, 7) is 4.54. The maximum atomic E-state index is 8.88. The van der Waals surface area contributed by atoms with Crippen LogP contribution in [0.25, 0.3) is 0 Å². The molecule has 0 aromatic rings. The third-order valence-corrected chi connectivity index (χ3v) is 1.96. The van der Waals surface area contributed by atoms with Crippen LogP contribution >= 0.6 is 7.82 Å². The summed E-state index contributed by atoms with van der Waals surface area (Å²) in [4.78, 5) is 21.6. The van der Waals surface area contributed by atoms with Gasteiger partial charge in [-0.15, -0.1) is 0 Å². The van der Waals surface area contributed by atoms with Gasteiger partial charge in [-0.2, -0.15) is 0 Å². The minimum Gasteiger partial charge on any atom is -0.412 e. The highest BCUT2D eigenvalue weighted by Crippen LogP contribution is 2.25. The molecule has 0 spiro atoms. The molecule has 0 aromatic carbocycles. The number of hydrogen-bond donors (Lipinski definition) is 3. The molecule has 0 atom stereocenters. The van der Waals surface area contributed by atoms with E-state index >= 15 is 0 Å². The fourth-order valence-electron chi connectivity index (χ4n) is 1.21. The normalized spacial score (nSPS) is 10.1. The molecule has 5 nitrogen and oxygen atoms in total. The predicted octanol–water partition coefficient (Wildman–Crippen LogP) is 2.39. The Kier molecular flexibility index (Phi) is 20.1. The van der Waals surface area contributed by atoms with E-state index in [1.54, 1.807) is 0 Å². The van der Waals surface area contributed by atoms with E-state index in [2.05, 4.69) is 13.8 Å². The Morgan fingerprint density at radius 1 is 0.750 bits per heavy atom. The van der Waals surface area contributed by atoms with Crippen molar-refractivity contribution in [1.29, 1.82) is 0 Å². The number of phosphoric acid groups is 1. The van der Waals surface area contributed by atoms with Crippen molar-refractivity contribution in [1.82, 2.24) is 0 Å². The van der Waals surface area contributed by atoms with Crippen LogP contribution in [-0.2, 0) is 4.57 Å². The Hall–Kier alpha value is 0.0700. The van der Waals surface area contributed by atoms with E-state index in [1.165, 1.54) is 51.4 Å². The lowest BCUT2D eigenvalue weighted by atomic mass is 10.1. The van der Waals surface area contributed by atoms with Gasteiger partial charge in [0.1, 0.15) is 0 Å². The van der Waals surface area contributed by atoms with E-state index in [0.717, 1.165) is 0 Å². The van der Waals surface area contributed by atoms with E-state index in [0.29, 0.717) is 0 Å². The van der Waals surface area contributed by atoms with Crippen molar-refractivity contribution in [2.24, 2.45) is 0 Å². The molecule has 0 aliphatic rings. The van der Waals surface area contributed by atoms with Crippen LogP contribution in [0.15, 0.2) is 0 Å². The lowest BCUT2D eigenvalue weighted by molar-refractivity contribution is 0.275. The zero-order valence-corrected chi connectivity index (χ0v) is 11.2. The van der Waals surface area contributed by atoms with Gasteiger partial charge in [0.2, 0.25) is 0 Å². The molecule has 0 unspecified atom stereocenters. The first kappa shape index (κ1) is 21.4. The molecule has 102 valence electrons. The quantitative estimate of drug-likeness (QED) is 0.481. The molecule has 5 N–H and O–H groups in total. The first-order chi connectivity index (χ1) is 6.91. The van der Waals surface area contributed by atoms with Crippen LogP contribution < -0.4 is 0 Å². The van der Waals surface area contributed by atoms with Crippen molar-refractivity contribution in [3.8, 4) is 0 Å². The molecule has 16 heavy (non-hydrogen) atoms. The second-order valence-corrected chi connectivity index (χ2v) is 4.66. The maximum absolute atomic E-state index is 8.88. The first-order valence-electron chi connectivity index (χ1n) is 5.70. The summed E-state index contributed by atoms with van der Waals surface area (Å²) in [6.07, 6.45) is 11.5. The SMILES string of the molecule is CCCCCCCCCC.O.O=P(O)(O)O. The molecular formula is C10H27O5P. The van der Waals surface area contributed by atoms with Gasteiger partial charge in [-0.25, -0.2) is 4.57 Å². The molecule has 0 fully saturated rings. The van der Waals surface area contributed by atoms with Gasteiger partial charge in [-0.05, 0) is 0 Å². The largest absolute Gasteiger partial charge is 0.466 e. The van der Waals surface area contributed by atoms with Crippen LogP contribution in [0.4, 0.5) is 0 Å². The van der Waals surface area contributed by atoms with Gasteiger partial charge in [0.05, 0.1) is 0 Å². The fraction of sp³-hybridized carbons (Fsp3) is 1.00. The van der Waals surface area contributed by atoms with Crippen LogP contribution in [0.1, 0.15) is 65.2 Å². The van der Waals surface area contributed by atoms with Crippen molar-refractivity contribution in [3.05, 3.63) is 0 Å². The molecular weight excluding hydrogens is 231 g/mol. The summed E-state index contributed by atoms with van der Waals surface area (Å²) in [7, 11) is -4.64. The van der Waals surface area contributed by atoms with Crippen LogP contribution in [0.5, 0.6) is 0 Å². The zero-order valence-electron chi connectivity index (χ0n) is 10.4. The second-order valence-electron chi connectivity index (χ2n) is 3.63. The van der Waals surface area contributed by atoms with Crippen LogP contribution in [0.2, 0.25) is 0 Å². The van der Waals surface area contributed by atoms with Crippen molar-refractivity contribution in [3.63, 3.8) is 0 Å². The van der Waals surface area contributed by atoms with E-state index in [9.17, 15) is 0 Å². The molecule has 6 heteroatoms. The fourth-order valence-corrected chi connectivity index (χ4v) is 1.21. The molecule has 0 aliphatic heterocycles. The first-order valence-corrected chi connectivity index (χ1v) is 7.26. The summed E-state index contributed by atoms with van der Waals surface area (Å²) >= 11 is 0. The van der Waals surface area contributed by atoms with Gasteiger partial charge in [0.25, 0.3) is 0 Å². The highest BCUT2D eigenvalue weighted by molar-refractivity contribution is 7.45. The maximum Gasteiger partial charge on any atom is 0.466 e. The van der Waals surface area contributed by atoms with Gasteiger partial charge in [-0.3, -0.25) is 0 Å². The molecule has 0 amide bonds. The van der Waals surface area contributed by atoms with Gasteiger partial charge in [-0.1, -0.05) is 65.2 Å². The van der Waals surface area contributed by atoms with E-state index in [-0.39, 0.29) is 5.48 Å². The van der Waals surface area contributed by atoms with E-state index in [1.807, 2.05) is 0 Å². The minimum atomic E-state index is -4.64. The zero-order chi connectivity index (χ0) is 12.2. The molecule has 0 bridgehead atoms. The molecule has 0 aromatic heterocycles. The van der Waals surface area contributed by atoms with Gasteiger partial charge in [0, 0.05) is 0 Å². The van der Waals surface area contributed by atoms with Crippen molar-refractivity contribution >= 4 is 7.82 Å². The lowest BCUT2D eigenvalue weighted by Crippen LogP contribution is -1.77. The minimum absolute atomic E-state index is 0. The van der Waals surface area contributed by atoms with E-state index < -0.39 is 7.82 Å². The second kappa shape index (κ2) is 15.1. The average molecular weight is 258 g/mol. The highest BCUT2D eigenvalue weighted by Gasteiger charge is 2.00. The van der Waals surface area contributed by atoms with Crippen molar-refractivity contribution < 1.29 is 24.7 Å². The van der Waals surface area contributed by atoms with Gasteiger partial charge < -0.3 is 20.2 Å². The van der Waals surface area contributed by atoms with Crippen molar-refractivity contribution in [2.45, 2.75) is 65.2 Å². The van der Waals surface area contributed by atoms with Crippen LogP contribution in [-0.4, -0.2) is 20.2 Å². The third-order valence-electron chi connectivity index (χ3n) is 1.96. The van der Waals surface area contributed by atoms with Gasteiger partial charge >= 0.3 is 7.82 Å². The Morgan fingerprint density at radius 3 is 1.12 bits per heavy atom. The molecule has 0 aliphatic carbocycles. The Bertz CT molecular complexity index is 141. The number of hydrogen-bond acceptors (Lipinski definition) is 1. The topological polar surface area (TPSA) is 109 Å². The number of rotatable bonds is 7. The molecule has 0 radical (unpaired) electrons. The Morgan fingerprint density at radius 2 is 0.938 bits per heavy atom. The number of unbranched alkanes of at least 4 members (excludes halogenated alkanes) is 7. The summed E-state index contributed by atoms with van der Waals surface area (Å²) in [5.74, 6) is 0. The standard InChI is InChI=1S/C10H22.H3O4P.H2O/c1-3-5-7-9-10-8-6-4-2;1-5(2,3)4;/h3-10H2,1-2H3;(H3,1,2,3,4);1H2. The average Bonchev–Trinajstić information content (AvgIpc) is 2.08. The summed E-state index contributed by atoms with van der Waals surface area (Å²) in [5, 5.41) is 0. The Labute approximate surface area is 98.4 Å². The summed E-state index contributed by atoms with van der Waals surface area (Å²) in [5.41, 5.74) is 0. The molecule has 0 saturated carbocycles. The van der Waals surface area contributed by atoms with Crippen LogP contribution in [0.3, 0.4) is 0 Å². The molecule has 0 saturated heterocycles. The third kappa shape index (κ3) is 48.1. The Balaban J connectivity index is -0.000000242. The monoisotopic (exact) mass is 258 g/mol. The predicted molar refractivity (Wildman–Crippen MR) is 66.2 cm³/mol. The van der Waals surface area contributed by atoms with Crippen LogP contribution in [0, 0.1) is 0 Å². The smallest absolute Gasteiger partial charge is 0.412 e. The highest BCUT2D eigenvalue weighted by atomic mass is 31.2. The lowest BCUT2D eigenvalue weighted by Gasteiger charge is -1.97. The molecule has 0 rings (SSSR count). The van der Waals surface area contributed by atoms with Gasteiger partial charge in [0.15, 0.2) is 0 Å².